The van der Waals surface area contributed by atoms with Gasteiger partial charge < -0.3 is 10.4 Å². The predicted octanol–water partition coefficient (Wildman–Crippen LogP) is 1.44. The van der Waals surface area contributed by atoms with Crippen LogP contribution in [0.5, 0.6) is 0 Å². The third kappa shape index (κ3) is 3.36. The molecule has 76 valence electrons. The molecule has 4 heteroatoms. The quantitative estimate of drug-likeness (QED) is 0.671. The Morgan fingerprint density at radius 3 is 2.38 bits per heavy atom. The van der Waals surface area contributed by atoms with E-state index in [0.29, 0.717) is 5.57 Å². The van der Waals surface area contributed by atoms with Crippen molar-refractivity contribution >= 4 is 18.4 Å². The van der Waals surface area contributed by atoms with Gasteiger partial charge in [0.2, 0.25) is 0 Å². The second-order valence-electron chi connectivity index (χ2n) is 3.07. The highest BCUT2D eigenvalue weighted by molar-refractivity contribution is 5.87. The van der Waals surface area contributed by atoms with Gasteiger partial charge in [0.05, 0.1) is 0 Å². The van der Waals surface area contributed by atoms with E-state index < -0.39 is 5.97 Å². The van der Waals surface area contributed by atoms with Gasteiger partial charge in [-0.25, -0.2) is 4.79 Å². The van der Waals surface area contributed by atoms with Crippen LogP contribution in [-0.2, 0) is 4.79 Å². The Morgan fingerprint density at radius 2 is 2.00 bits per heavy atom. The molecule has 0 amide bonds. The van der Waals surface area contributed by atoms with E-state index in [2.05, 4.69) is 5.32 Å². The molecule has 1 rings (SSSR count). The van der Waals surface area contributed by atoms with E-state index in [-0.39, 0.29) is 18.3 Å². The summed E-state index contributed by atoms with van der Waals surface area (Å²) in [6, 6.07) is 0. The van der Waals surface area contributed by atoms with Gasteiger partial charge in [-0.1, -0.05) is 6.08 Å². The molecule has 0 aliphatic carbocycles. The molecule has 1 fully saturated rings. The van der Waals surface area contributed by atoms with Crippen LogP contribution >= 0.6 is 12.4 Å². The smallest absolute Gasteiger partial charge is 0.331 e. The summed E-state index contributed by atoms with van der Waals surface area (Å²) in [5, 5.41) is 12.0. The second kappa shape index (κ2) is 6.00. The lowest BCUT2D eigenvalue weighted by Crippen LogP contribution is -2.30. The third-order valence-electron chi connectivity index (χ3n) is 2.34. The molecule has 0 saturated carbocycles. The summed E-state index contributed by atoms with van der Waals surface area (Å²) in [5.74, 6) is -0.502. The van der Waals surface area contributed by atoms with Crippen molar-refractivity contribution in [1.29, 1.82) is 0 Å². The Hall–Kier alpha value is -0.540. The molecule has 0 radical (unpaired) electrons. The Balaban J connectivity index is 0.00000144. The van der Waals surface area contributed by atoms with Crippen LogP contribution in [0.1, 0.15) is 19.8 Å². The number of rotatable bonds is 2. The summed E-state index contributed by atoms with van der Waals surface area (Å²) in [7, 11) is 0. The number of carbonyl (C=O) groups is 1. The maximum absolute atomic E-state index is 10.7. The molecule has 0 spiro atoms. The normalized spacial score (nSPS) is 19.3. The maximum atomic E-state index is 10.7. The number of halogens is 1. The first-order valence-corrected chi connectivity index (χ1v) is 4.36. The first kappa shape index (κ1) is 12.5. The van der Waals surface area contributed by atoms with E-state index in [1.54, 1.807) is 13.0 Å². The van der Waals surface area contributed by atoms with Crippen LogP contribution in [0, 0.1) is 5.92 Å². The van der Waals surface area contributed by atoms with Gasteiger partial charge >= 0.3 is 5.97 Å². The first-order chi connectivity index (χ1) is 5.75. The lowest BCUT2D eigenvalue weighted by Gasteiger charge is -2.22. The number of hydrogen-bond donors (Lipinski definition) is 2. The summed E-state index contributed by atoms with van der Waals surface area (Å²) in [5.41, 5.74) is 0.580. The molecule has 0 atom stereocenters. The second-order valence-corrected chi connectivity index (χ2v) is 3.07. The number of aliphatic carboxylic acids is 1. The van der Waals surface area contributed by atoms with Crippen LogP contribution in [0.25, 0.3) is 0 Å². The Morgan fingerprint density at radius 1 is 1.46 bits per heavy atom. The maximum Gasteiger partial charge on any atom is 0.331 e. The van der Waals surface area contributed by atoms with Gasteiger partial charge in [0, 0.05) is 5.57 Å². The zero-order valence-electron chi connectivity index (χ0n) is 7.75. The number of allylic oxidation sites excluding steroid dienone is 1. The van der Waals surface area contributed by atoms with E-state index in [1.807, 2.05) is 0 Å². The van der Waals surface area contributed by atoms with Crippen LogP contribution < -0.4 is 5.32 Å². The molecule has 13 heavy (non-hydrogen) atoms. The Kier molecular flexibility index (Phi) is 5.75. The van der Waals surface area contributed by atoms with Crippen LogP contribution in [-0.4, -0.2) is 24.2 Å². The minimum absolute atomic E-state index is 0. The number of carboxylic acids is 1. The summed E-state index contributed by atoms with van der Waals surface area (Å²) in [6.45, 7) is 3.68. The lowest BCUT2D eigenvalue weighted by atomic mass is 9.90. The standard InChI is InChI=1S/C9H15NO2.ClH/c1-2-8(9(11)12)7-3-5-10-6-4-7;/h2,7,10H,3-6H2,1H3,(H,11,12);1H/b8-2+;. The van der Waals surface area contributed by atoms with E-state index in [1.165, 1.54) is 0 Å². The molecule has 3 nitrogen and oxygen atoms in total. The summed E-state index contributed by atoms with van der Waals surface area (Å²) >= 11 is 0. The summed E-state index contributed by atoms with van der Waals surface area (Å²) in [6.07, 6.45) is 3.62. The Bertz CT molecular complexity index is 198. The van der Waals surface area contributed by atoms with Gasteiger partial charge in [0.15, 0.2) is 0 Å². The topological polar surface area (TPSA) is 49.3 Å². The monoisotopic (exact) mass is 205 g/mol. The fourth-order valence-electron chi connectivity index (χ4n) is 1.67. The van der Waals surface area contributed by atoms with Crippen molar-refractivity contribution in [1.82, 2.24) is 5.32 Å². The highest BCUT2D eigenvalue weighted by atomic mass is 35.5. The first-order valence-electron chi connectivity index (χ1n) is 4.36. The average molecular weight is 206 g/mol. The molecular formula is C9H16ClNO2. The van der Waals surface area contributed by atoms with Crippen molar-refractivity contribution in [2.75, 3.05) is 13.1 Å². The zero-order chi connectivity index (χ0) is 8.97. The van der Waals surface area contributed by atoms with Gasteiger partial charge in [-0.3, -0.25) is 0 Å². The number of nitrogens with one attached hydrogen (secondary N) is 1. The lowest BCUT2D eigenvalue weighted by molar-refractivity contribution is -0.133. The molecule has 1 aliphatic rings. The van der Waals surface area contributed by atoms with E-state index in [9.17, 15) is 4.79 Å². The van der Waals surface area contributed by atoms with Gasteiger partial charge in [-0.15, -0.1) is 12.4 Å². The van der Waals surface area contributed by atoms with Crippen LogP contribution in [0.3, 0.4) is 0 Å². The highest BCUT2D eigenvalue weighted by Crippen LogP contribution is 2.21. The summed E-state index contributed by atoms with van der Waals surface area (Å²) < 4.78 is 0. The van der Waals surface area contributed by atoms with Crippen molar-refractivity contribution in [2.45, 2.75) is 19.8 Å². The molecular weight excluding hydrogens is 190 g/mol. The molecule has 1 aliphatic heterocycles. The molecule has 1 heterocycles. The van der Waals surface area contributed by atoms with Gasteiger partial charge in [-0.05, 0) is 38.8 Å². The fraction of sp³-hybridized carbons (Fsp3) is 0.667. The van der Waals surface area contributed by atoms with Crippen molar-refractivity contribution in [2.24, 2.45) is 5.92 Å². The minimum atomic E-state index is -0.760. The molecule has 0 aromatic rings. The molecule has 0 unspecified atom stereocenters. The SMILES string of the molecule is C/C=C(/C(=O)O)C1CCNCC1.Cl. The number of piperidine rings is 1. The molecule has 0 bridgehead atoms. The van der Waals surface area contributed by atoms with Crippen molar-refractivity contribution in [3.8, 4) is 0 Å². The molecule has 2 N–H and O–H groups in total. The molecule has 0 aromatic carbocycles. The van der Waals surface area contributed by atoms with Crippen molar-refractivity contribution in [3.05, 3.63) is 11.6 Å². The number of hydrogen-bond acceptors (Lipinski definition) is 2. The van der Waals surface area contributed by atoms with Gasteiger partial charge in [-0.2, -0.15) is 0 Å². The minimum Gasteiger partial charge on any atom is -0.478 e. The molecule has 0 aromatic heterocycles. The van der Waals surface area contributed by atoms with E-state index in [4.69, 9.17) is 5.11 Å². The van der Waals surface area contributed by atoms with Crippen LogP contribution in [0.4, 0.5) is 0 Å². The van der Waals surface area contributed by atoms with Gasteiger partial charge in [0.1, 0.15) is 0 Å². The zero-order valence-corrected chi connectivity index (χ0v) is 8.56. The highest BCUT2D eigenvalue weighted by Gasteiger charge is 2.21. The summed E-state index contributed by atoms with van der Waals surface area (Å²) in [4.78, 5) is 10.7. The Labute approximate surface area is 84.6 Å². The third-order valence-corrected chi connectivity index (χ3v) is 2.34. The largest absolute Gasteiger partial charge is 0.478 e. The van der Waals surface area contributed by atoms with Crippen LogP contribution in [0.2, 0.25) is 0 Å². The molecule has 1 saturated heterocycles. The van der Waals surface area contributed by atoms with Crippen molar-refractivity contribution < 1.29 is 9.90 Å². The average Bonchev–Trinajstić information content (AvgIpc) is 2.07. The van der Waals surface area contributed by atoms with E-state index in [0.717, 1.165) is 25.9 Å². The van der Waals surface area contributed by atoms with Crippen molar-refractivity contribution in [3.63, 3.8) is 0 Å². The van der Waals surface area contributed by atoms with Gasteiger partial charge in [0.25, 0.3) is 0 Å². The number of carboxylic acid groups (broad SMARTS) is 1. The predicted molar refractivity (Wildman–Crippen MR) is 54.2 cm³/mol. The fourth-order valence-corrected chi connectivity index (χ4v) is 1.67. The van der Waals surface area contributed by atoms with E-state index >= 15 is 0 Å². The van der Waals surface area contributed by atoms with Crippen LogP contribution in [0.15, 0.2) is 11.6 Å².